The first-order chi connectivity index (χ1) is 18.4. The van der Waals surface area contributed by atoms with Crippen molar-refractivity contribution in [3.8, 4) is 11.5 Å². The number of nitrogens with zero attached hydrogens (tertiary/aromatic N) is 2. The first-order valence-electron chi connectivity index (χ1n) is 13.9. The van der Waals surface area contributed by atoms with E-state index in [9.17, 15) is 9.59 Å². The lowest BCUT2D eigenvalue weighted by Crippen LogP contribution is -2.52. The second-order valence-electron chi connectivity index (χ2n) is 10.8. The zero-order valence-electron chi connectivity index (χ0n) is 22.8. The van der Waals surface area contributed by atoms with Crippen LogP contribution in [0.15, 0.2) is 48.5 Å². The molecule has 7 heteroatoms. The molecule has 1 atom stereocenters. The molecule has 2 amide bonds. The number of amides is 2. The molecule has 0 radical (unpaired) electrons. The van der Waals surface area contributed by atoms with Gasteiger partial charge in [-0.15, -0.1) is 0 Å². The van der Waals surface area contributed by atoms with Gasteiger partial charge >= 0.3 is 0 Å². The highest BCUT2D eigenvalue weighted by molar-refractivity contribution is 5.99. The summed E-state index contributed by atoms with van der Waals surface area (Å²) in [6.07, 6.45) is 5.10. The van der Waals surface area contributed by atoms with Crippen molar-refractivity contribution in [1.29, 1.82) is 0 Å². The molecule has 1 aromatic heterocycles. The number of nitrogens with one attached hydrogen (secondary N) is 1. The summed E-state index contributed by atoms with van der Waals surface area (Å²) in [6.45, 7) is 6.15. The van der Waals surface area contributed by atoms with E-state index in [2.05, 4.69) is 17.4 Å². The summed E-state index contributed by atoms with van der Waals surface area (Å²) in [7, 11) is 1.93. The Kier molecular flexibility index (Phi) is 7.63. The SMILES string of the molecule is CCOc1ccc2c(c1)cc(C(=O)N1CCC3(CCCCc4ccccc4OC[C@H](C)NC3=O)CC1)n2C. The van der Waals surface area contributed by atoms with E-state index in [1.165, 1.54) is 5.56 Å². The van der Waals surface area contributed by atoms with Crippen LogP contribution in [-0.4, -0.2) is 53.6 Å². The molecule has 1 saturated heterocycles. The molecular formula is C31H39N3O4. The van der Waals surface area contributed by atoms with Gasteiger partial charge in [0, 0.05) is 31.0 Å². The van der Waals surface area contributed by atoms with E-state index >= 15 is 0 Å². The fourth-order valence-electron chi connectivity index (χ4n) is 5.94. The minimum absolute atomic E-state index is 0.0171. The fraction of sp³-hybridized carbons (Fsp3) is 0.484. The van der Waals surface area contributed by atoms with Crippen molar-refractivity contribution in [3.05, 3.63) is 59.8 Å². The average Bonchev–Trinajstić information content (AvgIpc) is 3.25. The number of rotatable bonds is 3. The maximum atomic E-state index is 13.6. The van der Waals surface area contributed by atoms with Gasteiger partial charge < -0.3 is 24.3 Å². The molecule has 0 saturated carbocycles. The first-order valence-corrected chi connectivity index (χ1v) is 13.9. The Morgan fingerprint density at radius 1 is 1.11 bits per heavy atom. The molecule has 2 aliphatic heterocycles. The Labute approximate surface area is 225 Å². The van der Waals surface area contributed by atoms with E-state index in [-0.39, 0.29) is 17.9 Å². The topological polar surface area (TPSA) is 72.8 Å². The van der Waals surface area contributed by atoms with Crippen LogP contribution in [0.5, 0.6) is 11.5 Å². The number of aryl methyl sites for hydroxylation is 2. The molecule has 3 heterocycles. The van der Waals surface area contributed by atoms with E-state index in [1.54, 1.807) is 0 Å². The van der Waals surface area contributed by atoms with Gasteiger partial charge in [-0.1, -0.05) is 24.6 Å². The third-order valence-corrected chi connectivity index (χ3v) is 8.22. The Hall–Kier alpha value is -3.48. The van der Waals surface area contributed by atoms with E-state index in [4.69, 9.17) is 9.47 Å². The fourth-order valence-corrected chi connectivity index (χ4v) is 5.94. The number of carbonyl (C=O) groups excluding carboxylic acids is 2. The smallest absolute Gasteiger partial charge is 0.270 e. The molecule has 5 rings (SSSR count). The van der Waals surface area contributed by atoms with Gasteiger partial charge in [-0.3, -0.25) is 9.59 Å². The number of likely N-dealkylation sites (tertiary alicyclic amines) is 1. The monoisotopic (exact) mass is 517 g/mol. The lowest BCUT2D eigenvalue weighted by Gasteiger charge is -2.41. The lowest BCUT2D eigenvalue weighted by atomic mass is 9.73. The van der Waals surface area contributed by atoms with Crippen molar-refractivity contribution in [3.63, 3.8) is 0 Å². The van der Waals surface area contributed by atoms with Crippen molar-refractivity contribution in [1.82, 2.24) is 14.8 Å². The van der Waals surface area contributed by atoms with E-state index in [0.29, 0.717) is 44.8 Å². The molecule has 1 spiro atoms. The zero-order chi connectivity index (χ0) is 26.7. The van der Waals surface area contributed by atoms with Gasteiger partial charge in [-0.05, 0) is 81.8 Å². The second-order valence-corrected chi connectivity index (χ2v) is 10.8. The van der Waals surface area contributed by atoms with Crippen LogP contribution in [0.1, 0.15) is 62.0 Å². The molecule has 38 heavy (non-hydrogen) atoms. The summed E-state index contributed by atoms with van der Waals surface area (Å²) < 4.78 is 13.7. The number of ether oxygens (including phenoxy) is 2. The van der Waals surface area contributed by atoms with Gasteiger partial charge in [0.2, 0.25) is 5.91 Å². The second kappa shape index (κ2) is 11.1. The normalized spacial score (nSPS) is 20.1. The van der Waals surface area contributed by atoms with Crippen LogP contribution < -0.4 is 14.8 Å². The van der Waals surface area contributed by atoms with Crippen molar-refractivity contribution >= 4 is 22.7 Å². The minimum atomic E-state index is -0.449. The molecule has 2 aromatic carbocycles. The predicted octanol–water partition coefficient (Wildman–Crippen LogP) is 5.11. The molecule has 0 bridgehead atoms. The Balaban J connectivity index is 1.29. The number of piperidine rings is 1. The standard InChI is InChI=1S/C31H39N3O4/c1-4-37-25-12-13-26-24(19-25)20-27(33(26)3)29(35)34-17-15-31(16-18-34)14-8-7-10-23-9-5-6-11-28(23)38-21-22(2)32-30(31)36/h5-6,9,11-13,19-20,22H,4,7-8,10,14-18,21H2,1-3H3,(H,32,36)/t22-/m0/s1. The maximum absolute atomic E-state index is 13.6. The highest BCUT2D eigenvalue weighted by Crippen LogP contribution is 2.38. The van der Waals surface area contributed by atoms with Crippen molar-refractivity contribution in [2.45, 2.75) is 58.4 Å². The van der Waals surface area contributed by atoms with Crippen LogP contribution in [0.2, 0.25) is 0 Å². The summed E-state index contributed by atoms with van der Waals surface area (Å²) in [5, 5.41) is 4.22. The molecule has 0 unspecified atom stereocenters. The first kappa shape index (κ1) is 26.1. The quantitative estimate of drug-likeness (QED) is 0.524. The van der Waals surface area contributed by atoms with Crippen LogP contribution in [0.3, 0.4) is 0 Å². The van der Waals surface area contributed by atoms with Crippen molar-refractivity contribution in [2.24, 2.45) is 12.5 Å². The van der Waals surface area contributed by atoms with E-state index in [0.717, 1.165) is 48.1 Å². The van der Waals surface area contributed by atoms with Gasteiger partial charge in [0.1, 0.15) is 23.8 Å². The van der Waals surface area contributed by atoms with Crippen LogP contribution in [-0.2, 0) is 18.3 Å². The van der Waals surface area contributed by atoms with Crippen LogP contribution >= 0.6 is 0 Å². The van der Waals surface area contributed by atoms with E-state index in [1.807, 2.05) is 66.8 Å². The van der Waals surface area contributed by atoms with Gasteiger partial charge in [0.15, 0.2) is 0 Å². The number of para-hydroxylation sites is 1. The van der Waals surface area contributed by atoms with Crippen LogP contribution in [0.4, 0.5) is 0 Å². The number of fused-ring (bicyclic) bond motifs is 2. The molecule has 7 nitrogen and oxygen atoms in total. The van der Waals surface area contributed by atoms with Crippen LogP contribution in [0, 0.1) is 5.41 Å². The summed E-state index contributed by atoms with van der Waals surface area (Å²) >= 11 is 0. The van der Waals surface area contributed by atoms with Crippen molar-refractivity contribution in [2.75, 3.05) is 26.3 Å². The number of hydrogen-bond donors (Lipinski definition) is 1. The number of benzene rings is 2. The Morgan fingerprint density at radius 3 is 2.68 bits per heavy atom. The molecule has 0 aliphatic carbocycles. The summed E-state index contributed by atoms with van der Waals surface area (Å²) in [6, 6.07) is 16.0. The maximum Gasteiger partial charge on any atom is 0.270 e. The molecule has 1 fully saturated rings. The van der Waals surface area contributed by atoms with Gasteiger partial charge in [0.05, 0.1) is 18.1 Å². The summed E-state index contributed by atoms with van der Waals surface area (Å²) in [5.74, 6) is 1.84. The van der Waals surface area contributed by atoms with E-state index < -0.39 is 5.41 Å². The van der Waals surface area contributed by atoms with Crippen LogP contribution in [0.25, 0.3) is 10.9 Å². The zero-order valence-corrected chi connectivity index (χ0v) is 22.8. The minimum Gasteiger partial charge on any atom is -0.494 e. The third-order valence-electron chi connectivity index (χ3n) is 8.22. The molecule has 2 aliphatic rings. The highest BCUT2D eigenvalue weighted by Gasteiger charge is 2.42. The Morgan fingerprint density at radius 2 is 1.89 bits per heavy atom. The average molecular weight is 518 g/mol. The number of carbonyl (C=O) groups is 2. The summed E-state index contributed by atoms with van der Waals surface area (Å²) in [5.41, 5.74) is 2.44. The molecular weight excluding hydrogens is 478 g/mol. The van der Waals surface area contributed by atoms with Gasteiger partial charge in [-0.25, -0.2) is 0 Å². The molecule has 3 aromatic rings. The van der Waals surface area contributed by atoms with Crippen molar-refractivity contribution < 1.29 is 19.1 Å². The molecule has 202 valence electrons. The number of hydrogen-bond acceptors (Lipinski definition) is 4. The van der Waals surface area contributed by atoms with Gasteiger partial charge in [-0.2, -0.15) is 0 Å². The predicted molar refractivity (Wildman–Crippen MR) is 149 cm³/mol. The molecule has 1 N–H and O–H groups in total. The summed E-state index contributed by atoms with van der Waals surface area (Å²) in [4.78, 5) is 29.1. The Bertz CT molecular complexity index is 1310. The van der Waals surface area contributed by atoms with Gasteiger partial charge in [0.25, 0.3) is 5.91 Å². The number of aromatic nitrogens is 1. The largest absolute Gasteiger partial charge is 0.494 e. The third kappa shape index (κ3) is 5.24. The lowest BCUT2D eigenvalue weighted by molar-refractivity contribution is -0.135. The highest BCUT2D eigenvalue weighted by atomic mass is 16.5.